The number of nitrogens with zero attached hydrogens (tertiary/aromatic N) is 1. The van der Waals surface area contributed by atoms with Crippen LogP contribution in [0.5, 0.6) is 0 Å². The van der Waals surface area contributed by atoms with E-state index in [9.17, 15) is 4.79 Å². The fraction of sp³-hybridized carbons (Fsp3) is 0.381. The molecule has 0 saturated carbocycles. The molecule has 4 nitrogen and oxygen atoms in total. The van der Waals surface area contributed by atoms with Crippen LogP contribution in [-0.4, -0.2) is 25.0 Å². The maximum Gasteiger partial charge on any atom is 0.239 e. The van der Waals surface area contributed by atoms with Crippen molar-refractivity contribution in [2.24, 2.45) is 5.73 Å². The zero-order valence-corrected chi connectivity index (χ0v) is 14.8. The first-order chi connectivity index (χ1) is 12.2. The first kappa shape index (κ1) is 17.5. The van der Waals surface area contributed by atoms with Crippen LogP contribution in [0.25, 0.3) is 0 Å². The van der Waals surface area contributed by atoms with Gasteiger partial charge in [0.1, 0.15) is 6.04 Å². The number of rotatable bonds is 6. The molecule has 0 unspecified atom stereocenters. The van der Waals surface area contributed by atoms with E-state index in [1.807, 2.05) is 30.3 Å². The lowest BCUT2D eigenvalue weighted by Gasteiger charge is -2.35. The second-order valence-electron chi connectivity index (χ2n) is 6.69. The number of carbonyl (C=O) groups is 1. The van der Waals surface area contributed by atoms with E-state index >= 15 is 0 Å². The number of amides is 1. The quantitative estimate of drug-likeness (QED) is 0.852. The zero-order valence-electron chi connectivity index (χ0n) is 14.8. The van der Waals surface area contributed by atoms with Crippen LogP contribution in [0.15, 0.2) is 54.6 Å². The molecule has 2 aromatic carbocycles. The highest BCUT2D eigenvalue weighted by molar-refractivity contribution is 5.81. The van der Waals surface area contributed by atoms with Crippen LogP contribution in [0, 0.1) is 0 Å². The molecule has 1 saturated heterocycles. The first-order valence-electron chi connectivity index (χ1n) is 9.11. The Morgan fingerprint density at radius 2 is 1.76 bits per heavy atom. The summed E-state index contributed by atoms with van der Waals surface area (Å²) in [7, 11) is 0. The van der Waals surface area contributed by atoms with Crippen molar-refractivity contribution in [3.63, 3.8) is 0 Å². The number of nitrogens with one attached hydrogen (secondary N) is 1. The summed E-state index contributed by atoms with van der Waals surface area (Å²) in [6.45, 7) is 4.15. The van der Waals surface area contributed by atoms with Crippen molar-refractivity contribution in [1.82, 2.24) is 5.32 Å². The summed E-state index contributed by atoms with van der Waals surface area (Å²) in [5.41, 5.74) is 9.21. The Balaban J connectivity index is 1.58. The number of anilines is 1. The molecule has 1 aliphatic rings. The molecule has 1 aliphatic heterocycles. The Bertz CT molecular complexity index is 676. The monoisotopic (exact) mass is 337 g/mol. The van der Waals surface area contributed by atoms with Crippen LogP contribution in [0.3, 0.4) is 0 Å². The number of nitrogens with two attached hydrogens (primary N) is 1. The summed E-state index contributed by atoms with van der Waals surface area (Å²) in [4.78, 5) is 14.3. The average molecular weight is 337 g/mol. The lowest BCUT2D eigenvalue weighted by molar-refractivity contribution is -0.120. The molecule has 1 fully saturated rings. The van der Waals surface area contributed by atoms with E-state index in [-0.39, 0.29) is 5.91 Å². The maximum atomic E-state index is 11.9. The normalized spacial score (nSPS) is 16.6. The number of piperidine rings is 1. The van der Waals surface area contributed by atoms with Crippen LogP contribution < -0.4 is 16.0 Å². The van der Waals surface area contributed by atoms with Crippen molar-refractivity contribution in [2.75, 3.05) is 18.0 Å². The fourth-order valence-corrected chi connectivity index (χ4v) is 3.47. The Kier molecular flexibility index (Phi) is 5.71. The highest BCUT2D eigenvalue weighted by Gasteiger charge is 2.25. The van der Waals surface area contributed by atoms with E-state index in [0.29, 0.717) is 6.04 Å². The third-order valence-corrected chi connectivity index (χ3v) is 5.02. The molecule has 1 amide bonds. The molecular formula is C21H27N3O. The zero-order chi connectivity index (χ0) is 17.6. The number of aryl methyl sites for hydroxylation is 1. The highest BCUT2D eigenvalue weighted by atomic mass is 16.1. The van der Waals surface area contributed by atoms with Crippen LogP contribution in [0.2, 0.25) is 0 Å². The Hall–Kier alpha value is -2.33. The summed E-state index contributed by atoms with van der Waals surface area (Å²) < 4.78 is 0. The van der Waals surface area contributed by atoms with Crippen molar-refractivity contribution in [3.8, 4) is 0 Å². The molecule has 0 aliphatic carbocycles. The standard InChI is InChI=1S/C21H27N3O/c1-2-16-8-10-19(11-9-16)24-14-12-18(13-15-24)23-20(21(22)25)17-6-4-3-5-7-17/h3-11,18,20,23H,2,12-15H2,1H3,(H2,22,25)/t20-/m0/s1. The van der Waals surface area contributed by atoms with Crippen molar-refractivity contribution in [3.05, 3.63) is 65.7 Å². The molecule has 1 heterocycles. The van der Waals surface area contributed by atoms with Crippen molar-refractivity contribution >= 4 is 11.6 Å². The number of benzene rings is 2. The SMILES string of the molecule is CCc1ccc(N2CCC(N[C@H](C(N)=O)c3ccccc3)CC2)cc1. The van der Waals surface area contributed by atoms with Gasteiger partial charge < -0.3 is 10.6 Å². The second kappa shape index (κ2) is 8.17. The molecule has 0 spiro atoms. The third-order valence-electron chi connectivity index (χ3n) is 5.02. The second-order valence-corrected chi connectivity index (χ2v) is 6.69. The van der Waals surface area contributed by atoms with Gasteiger partial charge in [0.25, 0.3) is 0 Å². The minimum absolute atomic E-state index is 0.309. The maximum absolute atomic E-state index is 11.9. The minimum Gasteiger partial charge on any atom is -0.371 e. The Morgan fingerprint density at radius 3 is 2.32 bits per heavy atom. The van der Waals surface area contributed by atoms with Gasteiger partial charge in [0.2, 0.25) is 5.91 Å². The molecule has 0 aromatic heterocycles. The molecule has 3 rings (SSSR count). The molecule has 1 atom stereocenters. The molecule has 132 valence electrons. The van der Waals surface area contributed by atoms with Gasteiger partial charge in [-0.1, -0.05) is 49.4 Å². The van der Waals surface area contributed by atoms with Crippen molar-refractivity contribution in [1.29, 1.82) is 0 Å². The van der Waals surface area contributed by atoms with Crippen LogP contribution >= 0.6 is 0 Å². The Morgan fingerprint density at radius 1 is 1.12 bits per heavy atom. The highest BCUT2D eigenvalue weighted by Crippen LogP contribution is 2.22. The predicted molar refractivity (Wildman–Crippen MR) is 103 cm³/mol. The summed E-state index contributed by atoms with van der Waals surface area (Å²) >= 11 is 0. The van der Waals surface area contributed by atoms with Gasteiger partial charge in [-0.05, 0) is 42.5 Å². The van der Waals surface area contributed by atoms with E-state index in [0.717, 1.165) is 37.9 Å². The van der Waals surface area contributed by atoms with E-state index in [1.54, 1.807) is 0 Å². The minimum atomic E-state index is -0.415. The van der Waals surface area contributed by atoms with Gasteiger partial charge in [-0.2, -0.15) is 0 Å². The molecule has 2 aromatic rings. The van der Waals surface area contributed by atoms with Crippen LogP contribution in [0.4, 0.5) is 5.69 Å². The lowest BCUT2D eigenvalue weighted by Crippen LogP contribution is -2.46. The number of hydrogen-bond acceptors (Lipinski definition) is 3. The fourth-order valence-electron chi connectivity index (χ4n) is 3.47. The molecule has 4 heteroatoms. The average Bonchev–Trinajstić information content (AvgIpc) is 2.67. The van der Waals surface area contributed by atoms with E-state index in [2.05, 4.69) is 41.4 Å². The smallest absolute Gasteiger partial charge is 0.239 e. The van der Waals surface area contributed by atoms with Gasteiger partial charge >= 0.3 is 0 Å². The number of hydrogen-bond donors (Lipinski definition) is 2. The molecule has 0 bridgehead atoms. The van der Waals surface area contributed by atoms with Crippen LogP contribution in [0.1, 0.15) is 36.9 Å². The summed E-state index contributed by atoms with van der Waals surface area (Å²) in [6.07, 6.45) is 3.08. The number of primary amides is 1. The summed E-state index contributed by atoms with van der Waals surface area (Å²) in [5, 5.41) is 3.46. The van der Waals surface area contributed by atoms with E-state index in [1.165, 1.54) is 11.3 Å². The van der Waals surface area contributed by atoms with Crippen molar-refractivity contribution in [2.45, 2.75) is 38.3 Å². The van der Waals surface area contributed by atoms with Gasteiger partial charge in [-0.3, -0.25) is 10.1 Å². The summed E-state index contributed by atoms with van der Waals surface area (Å²) in [6, 6.07) is 18.5. The first-order valence-corrected chi connectivity index (χ1v) is 9.11. The molecule has 25 heavy (non-hydrogen) atoms. The van der Waals surface area contributed by atoms with Crippen LogP contribution in [-0.2, 0) is 11.2 Å². The van der Waals surface area contributed by atoms with Gasteiger partial charge in [0, 0.05) is 24.8 Å². The van der Waals surface area contributed by atoms with E-state index < -0.39 is 6.04 Å². The Labute approximate surface area is 150 Å². The van der Waals surface area contributed by atoms with Gasteiger partial charge in [0.15, 0.2) is 0 Å². The predicted octanol–water partition coefficient (Wildman–Crippen LogP) is 3.03. The molecule has 3 N–H and O–H groups in total. The summed E-state index contributed by atoms with van der Waals surface area (Å²) in [5.74, 6) is -0.316. The third kappa shape index (κ3) is 4.40. The van der Waals surface area contributed by atoms with E-state index in [4.69, 9.17) is 5.73 Å². The van der Waals surface area contributed by atoms with Gasteiger partial charge in [-0.15, -0.1) is 0 Å². The van der Waals surface area contributed by atoms with Crippen molar-refractivity contribution < 1.29 is 4.79 Å². The topological polar surface area (TPSA) is 58.4 Å². The number of carbonyl (C=O) groups excluding carboxylic acids is 1. The molecule has 0 radical (unpaired) electrons. The van der Waals surface area contributed by atoms with Gasteiger partial charge in [-0.25, -0.2) is 0 Å². The molecular weight excluding hydrogens is 310 g/mol. The lowest BCUT2D eigenvalue weighted by atomic mass is 10.00. The largest absolute Gasteiger partial charge is 0.371 e. The van der Waals surface area contributed by atoms with Gasteiger partial charge in [0.05, 0.1) is 0 Å².